The normalized spacial score (nSPS) is 21.6. The van der Waals surface area contributed by atoms with Gasteiger partial charge in [0.2, 0.25) is 22.6 Å². The number of hydrogen-bond donors (Lipinski definition) is 4. The van der Waals surface area contributed by atoms with Gasteiger partial charge in [-0.25, -0.2) is 9.48 Å². The van der Waals surface area contributed by atoms with E-state index in [1.165, 1.54) is 27.4 Å². The number of tetrazole rings is 1. The predicted molar refractivity (Wildman–Crippen MR) is 160 cm³/mol. The molecule has 44 heavy (non-hydrogen) atoms. The molecule has 238 valence electrons. The highest BCUT2D eigenvalue weighted by molar-refractivity contribution is 8.00. The van der Waals surface area contributed by atoms with Crippen molar-refractivity contribution in [3.05, 3.63) is 18.5 Å². The summed E-state index contributed by atoms with van der Waals surface area (Å²) >= 11 is 3.24. The number of carboxylic acids is 1. The second-order valence-electron chi connectivity index (χ2n) is 10.6. The van der Waals surface area contributed by atoms with Crippen LogP contribution in [0.3, 0.4) is 0 Å². The number of fused-ring (bicyclic) bond motifs is 1. The van der Waals surface area contributed by atoms with Crippen molar-refractivity contribution >= 4 is 69.8 Å². The SMILES string of the molecule is C=CCON=C(C(=O)NC1C(=O)N2CC(CSc3nnnn3CCNC(=O)OC(C)(C)C)(C(=O)O)CS[C@H]12)c1nsc(N)n1. The predicted octanol–water partition coefficient (Wildman–Crippen LogP) is -0.199. The number of carboxylic acid groups (broad SMARTS) is 1. The van der Waals surface area contributed by atoms with E-state index in [4.69, 9.17) is 15.3 Å². The molecule has 0 aliphatic carbocycles. The third kappa shape index (κ3) is 7.75. The van der Waals surface area contributed by atoms with Gasteiger partial charge in [-0.05, 0) is 31.2 Å². The lowest BCUT2D eigenvalue weighted by molar-refractivity contribution is -0.157. The first kappa shape index (κ1) is 32.9. The monoisotopic (exact) mass is 669 g/mol. The molecule has 0 radical (unpaired) electrons. The summed E-state index contributed by atoms with van der Waals surface area (Å²) in [5.41, 5.74) is 3.43. The fourth-order valence-electron chi connectivity index (χ4n) is 4.01. The van der Waals surface area contributed by atoms with Crippen molar-refractivity contribution in [3.8, 4) is 0 Å². The van der Waals surface area contributed by atoms with Gasteiger partial charge in [0.25, 0.3) is 5.91 Å². The highest BCUT2D eigenvalue weighted by Gasteiger charge is 2.57. The van der Waals surface area contributed by atoms with Crippen molar-refractivity contribution < 1.29 is 33.9 Å². The van der Waals surface area contributed by atoms with Crippen LogP contribution in [0.25, 0.3) is 0 Å². The van der Waals surface area contributed by atoms with Crippen LogP contribution in [0.5, 0.6) is 0 Å². The first-order valence-corrected chi connectivity index (χ1v) is 15.9. The van der Waals surface area contributed by atoms with E-state index >= 15 is 0 Å². The molecule has 3 atom stereocenters. The van der Waals surface area contributed by atoms with E-state index in [9.17, 15) is 24.3 Å². The molecule has 2 unspecified atom stereocenters. The fourth-order valence-corrected chi connectivity index (χ4v) is 7.21. The number of nitrogens with one attached hydrogen (secondary N) is 2. The van der Waals surface area contributed by atoms with Gasteiger partial charge in [0.15, 0.2) is 5.13 Å². The molecule has 0 saturated carbocycles. The second-order valence-corrected chi connectivity index (χ2v) is 13.4. The van der Waals surface area contributed by atoms with Gasteiger partial charge in [-0.3, -0.25) is 14.4 Å². The molecular formula is C23H31N11O7S3. The number of carbonyl (C=O) groups excluding carboxylic acids is 3. The number of aromatic nitrogens is 6. The third-order valence-corrected chi connectivity index (χ3v) is 9.45. The molecule has 2 saturated heterocycles. The minimum Gasteiger partial charge on any atom is -0.481 e. The van der Waals surface area contributed by atoms with Crippen LogP contribution in [0.2, 0.25) is 0 Å². The van der Waals surface area contributed by atoms with E-state index in [2.05, 4.69) is 47.3 Å². The first-order chi connectivity index (χ1) is 20.8. The number of nitrogens with two attached hydrogens (primary N) is 1. The second kappa shape index (κ2) is 13.8. The average Bonchev–Trinajstić information content (AvgIpc) is 3.60. The molecule has 0 bridgehead atoms. The van der Waals surface area contributed by atoms with E-state index in [-0.39, 0.29) is 54.4 Å². The Kier molecular flexibility index (Phi) is 10.3. The maximum atomic E-state index is 13.1. The summed E-state index contributed by atoms with van der Waals surface area (Å²) in [6.45, 7) is 9.13. The summed E-state index contributed by atoms with van der Waals surface area (Å²) in [5, 5.41) is 30.8. The molecule has 0 spiro atoms. The highest BCUT2D eigenvalue weighted by atomic mass is 32.2. The van der Waals surface area contributed by atoms with Crippen molar-refractivity contribution in [2.45, 2.75) is 49.5 Å². The Morgan fingerprint density at radius 2 is 2.14 bits per heavy atom. The zero-order valence-corrected chi connectivity index (χ0v) is 26.4. The maximum absolute atomic E-state index is 13.1. The number of hydrogen-bond acceptors (Lipinski definition) is 16. The van der Waals surface area contributed by atoms with Crippen LogP contribution in [0.1, 0.15) is 26.6 Å². The van der Waals surface area contributed by atoms with Crippen LogP contribution >= 0.6 is 35.1 Å². The number of anilines is 1. The Hall–Kier alpha value is -3.98. The molecule has 5 N–H and O–H groups in total. The standard InChI is InChI=1S/C23H31N11O7S3/c1-5-8-40-29-12(14-27-19(24)44-30-14)15(35)26-13-16(36)33-9-23(18(37)38,10-42-17(13)33)11-43-20-28-31-32-34(20)7-6-25-21(39)41-22(2,3)4/h5,13,17H,1,6-11H2,2-4H3,(H,25,39)(H,26,35)(H,37,38)(H2,24,27,30)/t13?,17-,23?/m1/s1. The molecule has 4 heterocycles. The maximum Gasteiger partial charge on any atom is 0.407 e. The van der Waals surface area contributed by atoms with Gasteiger partial charge in [0.1, 0.15) is 29.0 Å². The van der Waals surface area contributed by atoms with Gasteiger partial charge in [0, 0.05) is 36.1 Å². The van der Waals surface area contributed by atoms with Crippen molar-refractivity contribution in [2.24, 2.45) is 10.6 Å². The van der Waals surface area contributed by atoms with Crippen molar-refractivity contribution in [2.75, 3.05) is 36.9 Å². The van der Waals surface area contributed by atoms with Gasteiger partial charge in [0.05, 0.1) is 6.54 Å². The average molecular weight is 670 g/mol. The van der Waals surface area contributed by atoms with Crippen molar-refractivity contribution in [1.82, 2.24) is 45.1 Å². The van der Waals surface area contributed by atoms with Crippen LogP contribution < -0.4 is 16.4 Å². The topological polar surface area (TPSA) is 242 Å². The quantitative estimate of drug-likeness (QED) is 0.0539. The number of alkyl carbamates (subject to hydrolysis) is 1. The first-order valence-electron chi connectivity index (χ1n) is 13.1. The molecule has 4 rings (SSSR count). The third-order valence-electron chi connectivity index (χ3n) is 6.07. The lowest BCUT2D eigenvalue weighted by Crippen LogP contribution is -2.74. The number of ether oxygens (including phenoxy) is 1. The molecular weight excluding hydrogens is 639 g/mol. The van der Waals surface area contributed by atoms with E-state index in [1.54, 1.807) is 20.8 Å². The summed E-state index contributed by atoms with van der Waals surface area (Å²) in [6.07, 6.45) is 0.853. The minimum absolute atomic E-state index is 0.0234. The number of nitrogens with zero attached hydrogens (tertiary/aromatic N) is 8. The van der Waals surface area contributed by atoms with E-state index < -0.39 is 46.3 Å². The summed E-state index contributed by atoms with van der Waals surface area (Å²) in [6, 6.07) is -0.919. The van der Waals surface area contributed by atoms with E-state index in [1.807, 2.05) is 0 Å². The zero-order chi connectivity index (χ0) is 32.1. The van der Waals surface area contributed by atoms with Gasteiger partial charge in [-0.2, -0.15) is 9.36 Å². The Balaban J connectivity index is 1.35. The summed E-state index contributed by atoms with van der Waals surface area (Å²) in [4.78, 5) is 61.0. The van der Waals surface area contributed by atoms with E-state index in [0.29, 0.717) is 5.16 Å². The number of β-lactam (4-membered cyclic amide) rings is 1. The number of amides is 3. The Labute approximate surface area is 263 Å². The highest BCUT2D eigenvalue weighted by Crippen LogP contribution is 2.44. The van der Waals surface area contributed by atoms with Gasteiger partial charge >= 0.3 is 12.1 Å². The Morgan fingerprint density at radius 3 is 2.80 bits per heavy atom. The zero-order valence-electron chi connectivity index (χ0n) is 24.0. The smallest absolute Gasteiger partial charge is 0.407 e. The molecule has 2 aromatic rings. The lowest BCUT2D eigenvalue weighted by atomic mass is 9.89. The summed E-state index contributed by atoms with van der Waals surface area (Å²) < 4.78 is 10.6. The number of carbonyl (C=O) groups is 4. The molecule has 2 aliphatic heterocycles. The molecule has 3 amide bonds. The van der Waals surface area contributed by atoms with Crippen LogP contribution in [-0.2, 0) is 30.5 Å². The summed E-state index contributed by atoms with van der Waals surface area (Å²) in [7, 11) is 0. The fraction of sp³-hybridized carbons (Fsp3) is 0.565. The number of rotatable bonds is 13. The minimum atomic E-state index is -1.31. The van der Waals surface area contributed by atoms with E-state index in [0.717, 1.165) is 23.3 Å². The van der Waals surface area contributed by atoms with Crippen molar-refractivity contribution in [3.63, 3.8) is 0 Å². The number of aliphatic carboxylic acids is 1. The van der Waals surface area contributed by atoms with Gasteiger partial charge < -0.3 is 35.9 Å². The Morgan fingerprint density at radius 1 is 1.36 bits per heavy atom. The van der Waals surface area contributed by atoms with Crippen LogP contribution in [0, 0.1) is 5.41 Å². The number of nitrogen functional groups attached to an aromatic ring is 1. The van der Waals surface area contributed by atoms with Crippen LogP contribution in [0.4, 0.5) is 9.93 Å². The molecule has 2 aliphatic rings. The molecule has 2 fully saturated rings. The molecule has 18 nitrogen and oxygen atoms in total. The van der Waals surface area contributed by atoms with Crippen LogP contribution in [-0.4, -0.2) is 117 Å². The Bertz CT molecular complexity index is 1440. The van der Waals surface area contributed by atoms with Crippen LogP contribution in [0.15, 0.2) is 23.0 Å². The molecule has 21 heteroatoms. The van der Waals surface area contributed by atoms with Gasteiger partial charge in [-0.15, -0.1) is 16.9 Å². The molecule has 0 aromatic carbocycles. The van der Waals surface area contributed by atoms with Crippen molar-refractivity contribution in [1.29, 1.82) is 0 Å². The lowest BCUT2D eigenvalue weighted by Gasteiger charge is -2.53. The van der Waals surface area contributed by atoms with Gasteiger partial charge in [-0.1, -0.05) is 29.6 Å². The number of thioether (sulfide) groups is 2. The number of oxime groups is 1. The molecule has 2 aromatic heterocycles. The largest absolute Gasteiger partial charge is 0.481 e. The summed E-state index contributed by atoms with van der Waals surface area (Å²) in [5.74, 6) is -2.10.